The number of nitro benzene ring substituents is 1. The molecule has 0 bridgehead atoms. The van der Waals surface area contributed by atoms with Gasteiger partial charge in [0.05, 0.1) is 11.5 Å². The molecular formula is C17H14ClN3O4. The molecule has 0 saturated heterocycles. The number of rotatable bonds is 6. The lowest BCUT2D eigenvalue weighted by atomic mass is 10.2. The predicted molar refractivity (Wildman–Crippen MR) is 95.2 cm³/mol. The second kappa shape index (κ2) is 8.60. The van der Waals surface area contributed by atoms with Gasteiger partial charge in [-0.1, -0.05) is 11.6 Å². The number of carbonyl (C=O) groups excluding carboxylic acids is 2. The van der Waals surface area contributed by atoms with Crippen molar-refractivity contribution in [1.29, 1.82) is 0 Å². The summed E-state index contributed by atoms with van der Waals surface area (Å²) in [6.45, 7) is -0.188. The lowest BCUT2D eigenvalue weighted by Gasteiger charge is -2.05. The summed E-state index contributed by atoms with van der Waals surface area (Å²) in [4.78, 5) is 33.5. The molecule has 0 aliphatic carbocycles. The molecule has 7 nitrogen and oxygen atoms in total. The molecule has 2 N–H and O–H groups in total. The summed E-state index contributed by atoms with van der Waals surface area (Å²) >= 11 is 5.75. The molecule has 0 aliphatic rings. The van der Waals surface area contributed by atoms with E-state index in [-0.39, 0.29) is 18.1 Å². The van der Waals surface area contributed by atoms with Gasteiger partial charge < -0.3 is 10.6 Å². The van der Waals surface area contributed by atoms with E-state index in [0.717, 1.165) is 0 Å². The quantitative estimate of drug-likeness (QED) is 0.470. The average molecular weight is 360 g/mol. The van der Waals surface area contributed by atoms with Gasteiger partial charge in [0, 0.05) is 28.9 Å². The highest BCUT2D eigenvalue weighted by atomic mass is 35.5. The van der Waals surface area contributed by atoms with Gasteiger partial charge in [0.25, 0.3) is 5.69 Å². The molecule has 0 aliphatic heterocycles. The molecule has 0 heterocycles. The van der Waals surface area contributed by atoms with Gasteiger partial charge in [-0.2, -0.15) is 0 Å². The van der Waals surface area contributed by atoms with E-state index >= 15 is 0 Å². The zero-order chi connectivity index (χ0) is 18.2. The number of anilines is 1. The summed E-state index contributed by atoms with van der Waals surface area (Å²) in [5.41, 5.74) is 1.18. The highest BCUT2D eigenvalue weighted by Gasteiger charge is 2.05. The Labute approximate surface area is 148 Å². The summed E-state index contributed by atoms with van der Waals surface area (Å²) in [5, 5.41) is 16.2. The van der Waals surface area contributed by atoms with Gasteiger partial charge in [-0.05, 0) is 48.0 Å². The SMILES string of the molecule is O=C(/C=C/c1ccc([N+](=O)[O-])cc1)NCC(=O)Nc1ccc(Cl)cc1. The Morgan fingerprint density at radius 2 is 1.72 bits per heavy atom. The predicted octanol–water partition coefficient (Wildman–Crippen LogP) is 3.02. The zero-order valence-electron chi connectivity index (χ0n) is 12.9. The number of carbonyl (C=O) groups is 2. The normalized spacial score (nSPS) is 10.4. The number of nitro groups is 1. The lowest BCUT2D eigenvalue weighted by Crippen LogP contribution is -2.31. The van der Waals surface area contributed by atoms with Crippen LogP contribution in [0.5, 0.6) is 0 Å². The van der Waals surface area contributed by atoms with Crippen LogP contribution < -0.4 is 10.6 Å². The minimum atomic E-state index is -0.500. The maximum Gasteiger partial charge on any atom is 0.269 e. The second-order valence-electron chi connectivity index (χ2n) is 4.95. The molecular weight excluding hydrogens is 346 g/mol. The van der Waals surface area contributed by atoms with Crippen LogP contribution in [-0.2, 0) is 9.59 Å². The van der Waals surface area contributed by atoms with Crippen molar-refractivity contribution in [3.8, 4) is 0 Å². The topological polar surface area (TPSA) is 101 Å². The Bertz CT molecular complexity index is 802. The molecule has 2 aromatic rings. The third-order valence-electron chi connectivity index (χ3n) is 3.08. The van der Waals surface area contributed by atoms with Crippen molar-refractivity contribution in [3.63, 3.8) is 0 Å². The highest BCUT2D eigenvalue weighted by Crippen LogP contribution is 2.13. The Kier molecular flexibility index (Phi) is 6.25. The number of nitrogens with zero attached hydrogens (tertiary/aromatic N) is 1. The molecule has 2 aromatic carbocycles. The van der Waals surface area contributed by atoms with Crippen molar-refractivity contribution < 1.29 is 14.5 Å². The van der Waals surface area contributed by atoms with Gasteiger partial charge in [-0.3, -0.25) is 19.7 Å². The van der Waals surface area contributed by atoms with Crippen molar-refractivity contribution in [1.82, 2.24) is 5.32 Å². The molecule has 0 aromatic heterocycles. The van der Waals surface area contributed by atoms with E-state index in [1.54, 1.807) is 24.3 Å². The molecule has 0 saturated carbocycles. The van der Waals surface area contributed by atoms with Crippen LogP contribution in [0, 0.1) is 10.1 Å². The van der Waals surface area contributed by atoms with Crippen molar-refractivity contribution in [3.05, 3.63) is 75.3 Å². The first-order chi connectivity index (χ1) is 11.9. The third-order valence-corrected chi connectivity index (χ3v) is 3.33. The summed E-state index contributed by atoms with van der Waals surface area (Å²) in [7, 11) is 0. The number of benzene rings is 2. The number of amides is 2. The van der Waals surface area contributed by atoms with E-state index in [1.165, 1.54) is 36.4 Å². The van der Waals surface area contributed by atoms with Crippen LogP contribution in [0.1, 0.15) is 5.56 Å². The molecule has 0 atom stereocenters. The zero-order valence-corrected chi connectivity index (χ0v) is 13.7. The van der Waals surface area contributed by atoms with Crippen molar-refractivity contribution in [2.24, 2.45) is 0 Å². The Hall–Kier alpha value is -3.19. The van der Waals surface area contributed by atoms with Gasteiger partial charge in [0.1, 0.15) is 0 Å². The first-order valence-electron chi connectivity index (χ1n) is 7.20. The highest BCUT2D eigenvalue weighted by molar-refractivity contribution is 6.30. The van der Waals surface area contributed by atoms with Gasteiger partial charge in [-0.15, -0.1) is 0 Å². The number of nitrogens with one attached hydrogen (secondary N) is 2. The van der Waals surface area contributed by atoms with Crippen LogP contribution in [0.4, 0.5) is 11.4 Å². The Morgan fingerprint density at radius 3 is 2.32 bits per heavy atom. The fraction of sp³-hybridized carbons (Fsp3) is 0.0588. The lowest BCUT2D eigenvalue weighted by molar-refractivity contribution is -0.384. The second-order valence-corrected chi connectivity index (χ2v) is 5.39. The molecule has 0 spiro atoms. The molecule has 0 unspecified atom stereocenters. The third kappa shape index (κ3) is 6.08. The van der Waals surface area contributed by atoms with E-state index in [9.17, 15) is 19.7 Å². The van der Waals surface area contributed by atoms with E-state index in [2.05, 4.69) is 10.6 Å². The summed E-state index contributed by atoms with van der Waals surface area (Å²) in [5.74, 6) is -0.830. The first-order valence-corrected chi connectivity index (χ1v) is 7.57. The van der Waals surface area contributed by atoms with Crippen molar-refractivity contribution >= 4 is 40.9 Å². The van der Waals surface area contributed by atoms with Gasteiger partial charge in [0.15, 0.2) is 0 Å². The maximum absolute atomic E-state index is 11.7. The molecule has 25 heavy (non-hydrogen) atoms. The largest absolute Gasteiger partial charge is 0.343 e. The minimum Gasteiger partial charge on any atom is -0.343 e. The summed E-state index contributed by atoms with van der Waals surface area (Å²) in [6, 6.07) is 12.3. The van der Waals surface area contributed by atoms with Crippen LogP contribution in [0.25, 0.3) is 6.08 Å². The number of non-ortho nitro benzene ring substituents is 1. The maximum atomic E-state index is 11.7. The fourth-order valence-electron chi connectivity index (χ4n) is 1.84. The van der Waals surface area contributed by atoms with Gasteiger partial charge in [0.2, 0.25) is 11.8 Å². The minimum absolute atomic E-state index is 0.0273. The van der Waals surface area contributed by atoms with Crippen LogP contribution in [0.2, 0.25) is 5.02 Å². The van der Waals surface area contributed by atoms with E-state index in [1.807, 2.05) is 0 Å². The molecule has 2 rings (SSSR count). The molecule has 128 valence electrons. The van der Waals surface area contributed by atoms with Crippen molar-refractivity contribution in [2.75, 3.05) is 11.9 Å². The number of hydrogen-bond acceptors (Lipinski definition) is 4. The van der Waals surface area contributed by atoms with E-state index in [4.69, 9.17) is 11.6 Å². The van der Waals surface area contributed by atoms with E-state index in [0.29, 0.717) is 16.3 Å². The van der Waals surface area contributed by atoms with Crippen LogP contribution >= 0.6 is 11.6 Å². The molecule has 0 fully saturated rings. The first kappa shape index (κ1) is 18.2. The smallest absolute Gasteiger partial charge is 0.269 e. The number of hydrogen-bond donors (Lipinski definition) is 2. The van der Waals surface area contributed by atoms with Crippen molar-refractivity contribution in [2.45, 2.75) is 0 Å². The van der Waals surface area contributed by atoms with E-state index < -0.39 is 10.8 Å². The Morgan fingerprint density at radius 1 is 1.08 bits per heavy atom. The monoisotopic (exact) mass is 359 g/mol. The Balaban J connectivity index is 1.80. The standard InChI is InChI=1S/C17H14ClN3O4/c18-13-4-6-14(7-5-13)20-17(23)11-19-16(22)10-3-12-1-8-15(9-2-12)21(24)25/h1-10H,11H2,(H,19,22)(H,20,23)/b10-3+. The summed E-state index contributed by atoms with van der Waals surface area (Å²) in [6.07, 6.45) is 2.74. The van der Waals surface area contributed by atoms with Gasteiger partial charge in [-0.25, -0.2) is 0 Å². The molecule has 2 amide bonds. The number of halogens is 1. The van der Waals surface area contributed by atoms with Crippen LogP contribution in [0.15, 0.2) is 54.6 Å². The summed E-state index contributed by atoms with van der Waals surface area (Å²) < 4.78 is 0. The molecule has 8 heteroatoms. The molecule has 0 radical (unpaired) electrons. The van der Waals surface area contributed by atoms with Crippen LogP contribution in [0.3, 0.4) is 0 Å². The fourth-order valence-corrected chi connectivity index (χ4v) is 1.97. The van der Waals surface area contributed by atoms with Crippen LogP contribution in [-0.4, -0.2) is 23.3 Å². The van der Waals surface area contributed by atoms with Gasteiger partial charge >= 0.3 is 0 Å². The average Bonchev–Trinajstić information content (AvgIpc) is 2.60.